The first-order valence-electron chi connectivity index (χ1n) is 7.23. The molecule has 0 amide bonds. The first-order chi connectivity index (χ1) is 10.0. The molecule has 0 aliphatic heterocycles. The molecule has 0 saturated carbocycles. The molecule has 110 valence electrons. The molecule has 0 spiro atoms. The van der Waals surface area contributed by atoms with Crippen LogP contribution in [0.1, 0.15) is 36.1 Å². The summed E-state index contributed by atoms with van der Waals surface area (Å²) in [5.74, 6) is 0. The van der Waals surface area contributed by atoms with Crippen molar-refractivity contribution in [3.63, 3.8) is 0 Å². The lowest BCUT2D eigenvalue weighted by atomic mass is 9.96. The number of hydrogen-bond acceptors (Lipinski definition) is 0. The van der Waals surface area contributed by atoms with E-state index in [4.69, 9.17) is 11.6 Å². The predicted molar refractivity (Wildman–Crippen MR) is 97.1 cm³/mol. The molecule has 0 fully saturated rings. The van der Waals surface area contributed by atoms with Crippen LogP contribution in [0.25, 0.3) is 5.57 Å². The molecular weight excluding hydrogens is 344 g/mol. The predicted octanol–water partition coefficient (Wildman–Crippen LogP) is 6.48. The van der Waals surface area contributed by atoms with Crippen LogP contribution in [-0.4, -0.2) is 0 Å². The van der Waals surface area contributed by atoms with Crippen molar-refractivity contribution in [1.29, 1.82) is 0 Å². The summed E-state index contributed by atoms with van der Waals surface area (Å²) in [5.41, 5.74) is 6.09. The number of rotatable bonds is 5. The summed E-state index contributed by atoms with van der Waals surface area (Å²) >= 11 is 10.0. The molecule has 0 atom stereocenters. The second-order valence-corrected chi connectivity index (χ2v) is 6.59. The molecular formula is C19H20BrCl. The average molecular weight is 364 g/mol. The van der Waals surface area contributed by atoms with Gasteiger partial charge in [-0.25, -0.2) is 0 Å². The van der Waals surface area contributed by atoms with Crippen LogP contribution in [-0.2, 0) is 19.3 Å². The maximum atomic E-state index is 6.40. The molecule has 0 bridgehead atoms. The van der Waals surface area contributed by atoms with Crippen molar-refractivity contribution in [3.05, 3.63) is 74.7 Å². The summed E-state index contributed by atoms with van der Waals surface area (Å²) in [6.45, 7) is 8.28. The molecule has 0 N–H and O–H groups in total. The lowest BCUT2D eigenvalue weighted by molar-refractivity contribution is 0.952. The molecule has 0 aliphatic carbocycles. The Morgan fingerprint density at radius 1 is 1.05 bits per heavy atom. The second kappa shape index (κ2) is 7.29. The standard InChI is InChI=1S/C19H20BrCl/c1-4-14-5-7-15(8-6-14)9-10-16-18(21)12-11-17(20)19(16)13(2)3/h5-8,11-12H,2,4,9-10H2,1,3H3. The zero-order valence-electron chi connectivity index (χ0n) is 12.5. The van der Waals surface area contributed by atoms with Gasteiger partial charge in [-0.15, -0.1) is 0 Å². The summed E-state index contributed by atoms with van der Waals surface area (Å²) in [6, 6.07) is 12.8. The van der Waals surface area contributed by atoms with Gasteiger partial charge < -0.3 is 0 Å². The minimum absolute atomic E-state index is 0.821. The van der Waals surface area contributed by atoms with Gasteiger partial charge in [0.1, 0.15) is 0 Å². The summed E-state index contributed by atoms with van der Waals surface area (Å²) in [4.78, 5) is 0. The zero-order valence-corrected chi connectivity index (χ0v) is 14.9. The minimum atomic E-state index is 0.821. The minimum Gasteiger partial charge on any atom is -0.0955 e. The van der Waals surface area contributed by atoms with Crippen LogP contribution in [0.5, 0.6) is 0 Å². The molecule has 21 heavy (non-hydrogen) atoms. The molecule has 0 aromatic heterocycles. The van der Waals surface area contributed by atoms with Crippen molar-refractivity contribution in [2.24, 2.45) is 0 Å². The maximum absolute atomic E-state index is 6.40. The second-order valence-electron chi connectivity index (χ2n) is 5.33. The molecule has 0 radical (unpaired) electrons. The topological polar surface area (TPSA) is 0 Å². The Morgan fingerprint density at radius 2 is 1.67 bits per heavy atom. The largest absolute Gasteiger partial charge is 0.0955 e. The van der Waals surface area contributed by atoms with Crippen molar-refractivity contribution in [1.82, 2.24) is 0 Å². The highest BCUT2D eigenvalue weighted by molar-refractivity contribution is 9.10. The Hall–Kier alpha value is -1.05. The fraction of sp³-hybridized carbons (Fsp3) is 0.263. The van der Waals surface area contributed by atoms with E-state index in [1.54, 1.807) is 0 Å². The van der Waals surface area contributed by atoms with Crippen molar-refractivity contribution < 1.29 is 0 Å². The molecule has 2 aromatic rings. The van der Waals surface area contributed by atoms with E-state index in [1.807, 2.05) is 19.1 Å². The molecule has 0 aliphatic rings. The van der Waals surface area contributed by atoms with Gasteiger partial charge in [-0.2, -0.15) is 0 Å². The third-order valence-corrected chi connectivity index (χ3v) is 4.74. The van der Waals surface area contributed by atoms with Gasteiger partial charge in [0.25, 0.3) is 0 Å². The quantitative estimate of drug-likeness (QED) is 0.570. The molecule has 2 rings (SSSR count). The van der Waals surface area contributed by atoms with Gasteiger partial charge in [-0.3, -0.25) is 0 Å². The van der Waals surface area contributed by atoms with Gasteiger partial charge in [-0.1, -0.05) is 65.3 Å². The average Bonchev–Trinajstić information content (AvgIpc) is 2.48. The zero-order chi connectivity index (χ0) is 15.4. The number of aryl methyl sites for hydroxylation is 2. The van der Waals surface area contributed by atoms with Crippen LogP contribution in [0.2, 0.25) is 5.02 Å². The third kappa shape index (κ3) is 3.99. The van der Waals surface area contributed by atoms with E-state index in [2.05, 4.69) is 53.7 Å². The Bertz CT molecular complexity index is 641. The Morgan fingerprint density at radius 3 is 2.24 bits per heavy atom. The summed E-state index contributed by atoms with van der Waals surface area (Å²) < 4.78 is 1.07. The van der Waals surface area contributed by atoms with Gasteiger partial charge in [0.05, 0.1) is 0 Å². The Labute approximate surface area is 141 Å². The molecule has 2 aromatic carbocycles. The first-order valence-corrected chi connectivity index (χ1v) is 8.40. The fourth-order valence-electron chi connectivity index (χ4n) is 2.51. The lowest BCUT2D eigenvalue weighted by Gasteiger charge is -2.14. The van der Waals surface area contributed by atoms with Crippen molar-refractivity contribution in [2.45, 2.75) is 33.1 Å². The summed E-state index contributed by atoms with van der Waals surface area (Å²) in [5, 5.41) is 0.821. The number of benzene rings is 2. The van der Waals surface area contributed by atoms with E-state index in [9.17, 15) is 0 Å². The van der Waals surface area contributed by atoms with Gasteiger partial charge in [0.2, 0.25) is 0 Å². The van der Waals surface area contributed by atoms with Gasteiger partial charge in [0.15, 0.2) is 0 Å². The smallest absolute Gasteiger partial charge is 0.0444 e. The van der Waals surface area contributed by atoms with Gasteiger partial charge in [0, 0.05) is 9.50 Å². The van der Waals surface area contributed by atoms with Crippen LogP contribution < -0.4 is 0 Å². The Balaban J connectivity index is 2.23. The van der Waals surface area contributed by atoms with E-state index in [1.165, 1.54) is 16.7 Å². The number of hydrogen-bond donors (Lipinski definition) is 0. The first kappa shape index (κ1) is 16.3. The monoisotopic (exact) mass is 362 g/mol. The summed E-state index contributed by atoms with van der Waals surface area (Å²) in [7, 11) is 0. The van der Waals surface area contributed by atoms with E-state index in [-0.39, 0.29) is 0 Å². The van der Waals surface area contributed by atoms with Crippen molar-refractivity contribution in [2.75, 3.05) is 0 Å². The highest BCUT2D eigenvalue weighted by atomic mass is 79.9. The van der Waals surface area contributed by atoms with Crippen LogP contribution >= 0.6 is 27.5 Å². The molecule has 0 nitrogen and oxygen atoms in total. The van der Waals surface area contributed by atoms with Gasteiger partial charge >= 0.3 is 0 Å². The van der Waals surface area contributed by atoms with Crippen molar-refractivity contribution in [3.8, 4) is 0 Å². The molecule has 2 heteroatoms. The van der Waals surface area contributed by atoms with E-state index in [0.717, 1.165) is 39.9 Å². The maximum Gasteiger partial charge on any atom is 0.0444 e. The van der Waals surface area contributed by atoms with E-state index < -0.39 is 0 Å². The van der Waals surface area contributed by atoms with Gasteiger partial charge in [-0.05, 0) is 66.1 Å². The lowest BCUT2D eigenvalue weighted by Crippen LogP contribution is -1.98. The SMILES string of the molecule is C=C(C)c1c(Br)ccc(Cl)c1CCc1ccc(CC)cc1. The highest BCUT2D eigenvalue weighted by Gasteiger charge is 2.12. The van der Waals surface area contributed by atoms with Crippen LogP contribution in [0, 0.1) is 0 Å². The molecule has 0 saturated heterocycles. The Kier molecular flexibility index (Phi) is 5.66. The fourth-order valence-corrected chi connectivity index (χ4v) is 3.47. The van der Waals surface area contributed by atoms with Crippen LogP contribution in [0.4, 0.5) is 0 Å². The van der Waals surface area contributed by atoms with E-state index in [0.29, 0.717) is 0 Å². The van der Waals surface area contributed by atoms with Crippen LogP contribution in [0.3, 0.4) is 0 Å². The highest BCUT2D eigenvalue weighted by Crippen LogP contribution is 2.32. The van der Waals surface area contributed by atoms with Crippen LogP contribution in [0.15, 0.2) is 47.4 Å². The normalized spacial score (nSPS) is 10.7. The van der Waals surface area contributed by atoms with E-state index >= 15 is 0 Å². The molecule has 0 heterocycles. The number of halogens is 2. The van der Waals surface area contributed by atoms with Crippen molar-refractivity contribution >= 4 is 33.1 Å². The summed E-state index contributed by atoms with van der Waals surface area (Å²) in [6.07, 6.45) is 2.99. The third-order valence-electron chi connectivity index (χ3n) is 3.73. The molecule has 0 unspecified atom stereocenters. The number of allylic oxidation sites excluding steroid dienone is 1.